The maximum atomic E-state index is 13.2. The van der Waals surface area contributed by atoms with Gasteiger partial charge in [0.2, 0.25) is 12.7 Å². The predicted octanol–water partition coefficient (Wildman–Crippen LogP) is 2.94. The van der Waals surface area contributed by atoms with Gasteiger partial charge >= 0.3 is 0 Å². The van der Waals surface area contributed by atoms with Crippen LogP contribution in [0.3, 0.4) is 0 Å². The zero-order chi connectivity index (χ0) is 20.5. The first-order valence-electron chi connectivity index (χ1n) is 10.6. The average molecular weight is 411 g/mol. The molecule has 158 valence electrons. The number of halogens is 1. The second kappa shape index (κ2) is 8.14. The summed E-state index contributed by atoms with van der Waals surface area (Å²) in [6, 6.07) is 12.8. The van der Waals surface area contributed by atoms with Gasteiger partial charge < -0.3 is 19.7 Å². The van der Waals surface area contributed by atoms with Crippen molar-refractivity contribution in [2.45, 2.75) is 18.9 Å². The van der Waals surface area contributed by atoms with E-state index in [1.165, 1.54) is 12.1 Å². The van der Waals surface area contributed by atoms with Gasteiger partial charge in [0, 0.05) is 44.3 Å². The molecule has 1 saturated heterocycles. The zero-order valence-corrected chi connectivity index (χ0v) is 16.9. The maximum absolute atomic E-state index is 13.2. The Morgan fingerprint density at radius 2 is 1.77 bits per heavy atom. The van der Waals surface area contributed by atoms with Crippen molar-refractivity contribution >= 4 is 11.6 Å². The quantitative estimate of drug-likeness (QED) is 0.792. The summed E-state index contributed by atoms with van der Waals surface area (Å²) in [5.74, 6) is 1.66. The highest BCUT2D eigenvalue weighted by Crippen LogP contribution is 2.36. The van der Waals surface area contributed by atoms with Crippen molar-refractivity contribution in [3.05, 3.63) is 53.8 Å². The van der Waals surface area contributed by atoms with Crippen LogP contribution < -0.4 is 19.7 Å². The van der Waals surface area contributed by atoms with Crippen LogP contribution >= 0.6 is 0 Å². The molecule has 0 aromatic heterocycles. The molecule has 1 saturated carbocycles. The van der Waals surface area contributed by atoms with E-state index in [2.05, 4.69) is 21.2 Å². The molecule has 2 aromatic carbocycles. The third-order valence-electron chi connectivity index (χ3n) is 6.15. The fourth-order valence-electron chi connectivity index (χ4n) is 4.21. The number of benzene rings is 2. The lowest BCUT2D eigenvalue weighted by Crippen LogP contribution is -2.50. The lowest BCUT2D eigenvalue weighted by atomic mass is 10.0. The van der Waals surface area contributed by atoms with Gasteiger partial charge in [0.05, 0.1) is 6.04 Å². The number of amides is 1. The van der Waals surface area contributed by atoms with E-state index in [1.54, 1.807) is 0 Å². The molecule has 5 rings (SSSR count). The Balaban J connectivity index is 1.30. The van der Waals surface area contributed by atoms with Crippen LogP contribution in [0.1, 0.15) is 24.4 Å². The molecule has 2 heterocycles. The minimum Gasteiger partial charge on any atom is -0.454 e. The fourth-order valence-corrected chi connectivity index (χ4v) is 4.21. The molecule has 1 amide bonds. The zero-order valence-electron chi connectivity index (χ0n) is 16.9. The monoisotopic (exact) mass is 411 g/mol. The molecule has 30 heavy (non-hydrogen) atoms. The van der Waals surface area contributed by atoms with E-state index in [9.17, 15) is 9.18 Å². The Labute approximate surface area is 175 Å². The lowest BCUT2D eigenvalue weighted by Gasteiger charge is -2.40. The smallest absolute Gasteiger partial charge is 0.231 e. The minimum absolute atomic E-state index is 0.0672. The van der Waals surface area contributed by atoms with Crippen LogP contribution in [-0.2, 0) is 4.79 Å². The molecular formula is C23H26FN3O3. The van der Waals surface area contributed by atoms with Gasteiger partial charge in [-0.2, -0.15) is 0 Å². The van der Waals surface area contributed by atoms with Gasteiger partial charge in [0.25, 0.3) is 0 Å². The van der Waals surface area contributed by atoms with E-state index in [0.29, 0.717) is 6.54 Å². The molecule has 1 atom stereocenters. The van der Waals surface area contributed by atoms with Crippen molar-refractivity contribution < 1.29 is 18.7 Å². The maximum Gasteiger partial charge on any atom is 0.231 e. The van der Waals surface area contributed by atoms with Gasteiger partial charge in [0.15, 0.2) is 11.5 Å². The summed E-state index contributed by atoms with van der Waals surface area (Å²) < 4.78 is 24.3. The summed E-state index contributed by atoms with van der Waals surface area (Å²) in [7, 11) is 0. The summed E-state index contributed by atoms with van der Waals surface area (Å²) in [6.45, 7) is 4.24. The Morgan fingerprint density at radius 3 is 2.50 bits per heavy atom. The molecule has 3 aliphatic rings. The normalized spacial score (nSPS) is 19.6. The van der Waals surface area contributed by atoms with E-state index in [4.69, 9.17) is 9.47 Å². The van der Waals surface area contributed by atoms with Gasteiger partial charge in [-0.05, 0) is 54.8 Å². The standard InChI is InChI=1S/C23H26FN3O3/c24-18-4-6-19(7-5-18)26-9-11-27(12-10-26)20(14-25-23(28)16-1-2-16)17-3-8-21-22(13-17)30-15-29-21/h3-8,13,16,20H,1-2,9-12,14-15H2,(H,25,28). The van der Waals surface area contributed by atoms with Crippen LogP contribution in [0.4, 0.5) is 10.1 Å². The first kappa shape index (κ1) is 19.2. The number of nitrogens with one attached hydrogen (secondary N) is 1. The third-order valence-corrected chi connectivity index (χ3v) is 6.15. The molecule has 1 unspecified atom stereocenters. The molecule has 2 aromatic rings. The van der Waals surface area contributed by atoms with E-state index in [-0.39, 0.29) is 30.5 Å². The number of carbonyl (C=O) groups is 1. The second-order valence-corrected chi connectivity index (χ2v) is 8.15. The lowest BCUT2D eigenvalue weighted by molar-refractivity contribution is -0.122. The summed E-state index contributed by atoms with van der Waals surface area (Å²) >= 11 is 0. The van der Waals surface area contributed by atoms with E-state index in [0.717, 1.165) is 61.8 Å². The van der Waals surface area contributed by atoms with E-state index >= 15 is 0 Å². The van der Waals surface area contributed by atoms with Crippen LogP contribution in [0.5, 0.6) is 11.5 Å². The van der Waals surface area contributed by atoms with Gasteiger partial charge in [-0.3, -0.25) is 9.69 Å². The Bertz CT molecular complexity index is 908. The number of ether oxygens (including phenoxy) is 2. The summed E-state index contributed by atoms with van der Waals surface area (Å²) in [5.41, 5.74) is 2.16. The minimum atomic E-state index is -0.216. The van der Waals surface area contributed by atoms with Crippen LogP contribution in [-0.4, -0.2) is 50.3 Å². The molecule has 7 heteroatoms. The van der Waals surface area contributed by atoms with Gasteiger partial charge in [-0.15, -0.1) is 0 Å². The van der Waals surface area contributed by atoms with E-state index in [1.807, 2.05) is 24.3 Å². The summed E-state index contributed by atoms with van der Waals surface area (Å²) in [6.07, 6.45) is 1.99. The molecule has 0 spiro atoms. The number of fused-ring (bicyclic) bond motifs is 1. The van der Waals surface area contributed by atoms with Crippen LogP contribution in [0.25, 0.3) is 0 Å². The van der Waals surface area contributed by atoms with Crippen LogP contribution in [0, 0.1) is 11.7 Å². The second-order valence-electron chi connectivity index (χ2n) is 8.15. The Morgan fingerprint density at radius 1 is 1.03 bits per heavy atom. The number of carbonyl (C=O) groups excluding carboxylic acids is 1. The molecule has 6 nitrogen and oxygen atoms in total. The SMILES string of the molecule is O=C(NCC(c1ccc2c(c1)OCO2)N1CCN(c2ccc(F)cc2)CC1)C1CC1. The molecule has 1 N–H and O–H groups in total. The number of piperazine rings is 1. The first-order chi connectivity index (χ1) is 14.7. The van der Waals surface area contributed by atoms with Crippen molar-refractivity contribution in [1.29, 1.82) is 0 Å². The van der Waals surface area contributed by atoms with Gasteiger partial charge in [-0.25, -0.2) is 4.39 Å². The number of nitrogens with zero attached hydrogens (tertiary/aromatic N) is 2. The van der Waals surface area contributed by atoms with Crippen LogP contribution in [0.15, 0.2) is 42.5 Å². The summed E-state index contributed by atoms with van der Waals surface area (Å²) in [4.78, 5) is 16.9. The number of rotatable bonds is 6. The highest BCUT2D eigenvalue weighted by atomic mass is 19.1. The van der Waals surface area contributed by atoms with Crippen molar-refractivity contribution in [1.82, 2.24) is 10.2 Å². The molecular weight excluding hydrogens is 385 g/mol. The number of anilines is 1. The Hall–Kier alpha value is -2.80. The first-order valence-corrected chi connectivity index (χ1v) is 10.6. The van der Waals surface area contributed by atoms with Crippen molar-refractivity contribution in [2.24, 2.45) is 5.92 Å². The highest BCUT2D eigenvalue weighted by molar-refractivity contribution is 5.80. The van der Waals surface area contributed by atoms with Crippen molar-refractivity contribution in [2.75, 3.05) is 44.4 Å². The summed E-state index contributed by atoms with van der Waals surface area (Å²) in [5, 5.41) is 3.15. The number of hydrogen-bond acceptors (Lipinski definition) is 5. The highest BCUT2D eigenvalue weighted by Gasteiger charge is 2.32. The Kier molecular flexibility index (Phi) is 5.21. The molecule has 0 radical (unpaired) electrons. The average Bonchev–Trinajstić information content (AvgIpc) is 3.52. The largest absolute Gasteiger partial charge is 0.454 e. The van der Waals surface area contributed by atoms with Crippen LogP contribution in [0.2, 0.25) is 0 Å². The molecule has 2 fully saturated rings. The predicted molar refractivity (Wildman–Crippen MR) is 111 cm³/mol. The molecule has 0 bridgehead atoms. The van der Waals surface area contributed by atoms with Gasteiger partial charge in [0.1, 0.15) is 5.82 Å². The van der Waals surface area contributed by atoms with Crippen molar-refractivity contribution in [3.63, 3.8) is 0 Å². The van der Waals surface area contributed by atoms with Crippen molar-refractivity contribution in [3.8, 4) is 11.5 Å². The van der Waals surface area contributed by atoms with Gasteiger partial charge in [-0.1, -0.05) is 6.07 Å². The molecule has 1 aliphatic carbocycles. The topological polar surface area (TPSA) is 54.0 Å². The third kappa shape index (κ3) is 4.07. The molecule has 2 aliphatic heterocycles. The fraction of sp³-hybridized carbons (Fsp3) is 0.435. The van der Waals surface area contributed by atoms with E-state index < -0.39 is 0 Å². The number of hydrogen-bond donors (Lipinski definition) is 1.